The van der Waals surface area contributed by atoms with E-state index in [4.69, 9.17) is 42.6 Å². The third-order valence-electron chi connectivity index (χ3n) is 9.53. The Balaban J connectivity index is 1.38. The molecule has 4 unspecified atom stereocenters. The lowest BCUT2D eigenvalue weighted by Gasteiger charge is -2.52. The summed E-state index contributed by atoms with van der Waals surface area (Å²) in [7, 11) is 3.30. The molecule has 9 nitrogen and oxygen atoms in total. The summed E-state index contributed by atoms with van der Waals surface area (Å²) in [6.45, 7) is 5.80. The lowest BCUT2D eigenvalue weighted by Crippen LogP contribution is -2.70. The molecule has 1 heterocycles. The second kappa shape index (κ2) is 21.5. The molecule has 0 saturated carbocycles. The number of methoxy groups -OCH3 is 2. The molecule has 0 radical (unpaired) electrons. The molecule has 0 aliphatic carbocycles. The lowest BCUT2D eigenvalue weighted by atomic mass is 9.86. The van der Waals surface area contributed by atoms with Crippen molar-refractivity contribution >= 4 is 0 Å². The van der Waals surface area contributed by atoms with Crippen LogP contribution in [0.1, 0.15) is 27.8 Å². The van der Waals surface area contributed by atoms with E-state index in [2.05, 4.69) is 6.58 Å². The van der Waals surface area contributed by atoms with Gasteiger partial charge in [0, 0.05) is 0 Å². The fourth-order valence-electron chi connectivity index (χ4n) is 6.58. The number of hydrogen-bond donors (Lipinski definition) is 0. The first-order chi connectivity index (χ1) is 27.6. The predicted molar refractivity (Wildman–Crippen MR) is 214 cm³/mol. The Bertz CT molecular complexity index is 1780. The standard InChI is InChI=1S/C47H52O9/c1-4-28-52-46-44(54-32-37-16-10-6-11-17-37)43(53-31-36-14-8-5-9-15-36)45(55-33-38-18-12-7-13-19-38)47(56-46,34-50-29-39-20-24-41(48-2)25-21-39)35-51-30-40-22-26-42(49-3)27-23-40/h4-27,43-46H,1,28-35H2,2-3H3. The first-order valence-corrected chi connectivity index (χ1v) is 18.9. The minimum Gasteiger partial charge on any atom is -0.497 e. The topological polar surface area (TPSA) is 83.1 Å². The van der Waals surface area contributed by atoms with E-state index >= 15 is 0 Å². The van der Waals surface area contributed by atoms with Crippen molar-refractivity contribution in [1.82, 2.24) is 0 Å². The normalized spacial score (nSPS) is 19.0. The van der Waals surface area contributed by atoms with Gasteiger partial charge in [-0.05, 0) is 52.1 Å². The predicted octanol–water partition coefficient (Wildman–Crippen LogP) is 8.49. The van der Waals surface area contributed by atoms with Gasteiger partial charge in [0.05, 0.1) is 67.1 Å². The minimum atomic E-state index is -1.23. The maximum absolute atomic E-state index is 7.12. The average Bonchev–Trinajstić information content (AvgIpc) is 3.25. The molecule has 1 aliphatic heterocycles. The molecule has 1 fully saturated rings. The summed E-state index contributed by atoms with van der Waals surface area (Å²) in [6.07, 6.45) is -1.36. The number of ether oxygens (including phenoxy) is 9. The summed E-state index contributed by atoms with van der Waals surface area (Å²) in [5.41, 5.74) is 3.71. The molecule has 0 amide bonds. The van der Waals surface area contributed by atoms with Crippen LogP contribution in [-0.4, -0.2) is 64.2 Å². The van der Waals surface area contributed by atoms with Gasteiger partial charge in [0.25, 0.3) is 0 Å². The van der Waals surface area contributed by atoms with Crippen LogP contribution in [0.3, 0.4) is 0 Å². The molecule has 6 rings (SSSR count). The smallest absolute Gasteiger partial charge is 0.187 e. The van der Waals surface area contributed by atoms with Gasteiger partial charge in [-0.15, -0.1) is 6.58 Å². The zero-order valence-corrected chi connectivity index (χ0v) is 32.2. The summed E-state index contributed by atoms with van der Waals surface area (Å²) in [5, 5.41) is 0. The van der Waals surface area contributed by atoms with E-state index in [0.717, 1.165) is 39.3 Å². The molecule has 5 aromatic rings. The van der Waals surface area contributed by atoms with Crippen LogP contribution in [0.25, 0.3) is 0 Å². The average molecular weight is 761 g/mol. The maximum Gasteiger partial charge on any atom is 0.187 e. The number of benzene rings is 5. The van der Waals surface area contributed by atoms with E-state index < -0.39 is 30.2 Å². The van der Waals surface area contributed by atoms with Crippen molar-refractivity contribution in [2.45, 2.75) is 63.2 Å². The highest BCUT2D eigenvalue weighted by atomic mass is 16.7. The molecule has 0 spiro atoms. The first kappa shape index (κ1) is 40.8. The Morgan fingerprint density at radius 1 is 0.500 bits per heavy atom. The van der Waals surface area contributed by atoms with E-state index in [1.54, 1.807) is 20.3 Å². The molecule has 5 aromatic carbocycles. The van der Waals surface area contributed by atoms with Gasteiger partial charge in [0.2, 0.25) is 0 Å². The number of rotatable bonds is 22. The fraction of sp³-hybridized carbons (Fsp3) is 0.319. The van der Waals surface area contributed by atoms with E-state index in [0.29, 0.717) is 26.4 Å². The highest BCUT2D eigenvalue weighted by molar-refractivity contribution is 5.28. The first-order valence-electron chi connectivity index (χ1n) is 18.9. The fourth-order valence-corrected chi connectivity index (χ4v) is 6.58. The second-order valence-corrected chi connectivity index (χ2v) is 13.6. The quantitative estimate of drug-likeness (QED) is 0.0646. The van der Waals surface area contributed by atoms with Crippen LogP contribution < -0.4 is 9.47 Å². The van der Waals surface area contributed by atoms with Gasteiger partial charge in [-0.3, -0.25) is 0 Å². The Kier molecular flexibility index (Phi) is 15.6. The van der Waals surface area contributed by atoms with Crippen molar-refractivity contribution in [3.63, 3.8) is 0 Å². The van der Waals surface area contributed by atoms with Gasteiger partial charge >= 0.3 is 0 Å². The maximum atomic E-state index is 7.12. The van der Waals surface area contributed by atoms with Gasteiger partial charge < -0.3 is 42.6 Å². The van der Waals surface area contributed by atoms with Gasteiger partial charge in [0.15, 0.2) is 6.29 Å². The third-order valence-corrected chi connectivity index (χ3v) is 9.53. The second-order valence-electron chi connectivity index (χ2n) is 13.6. The van der Waals surface area contributed by atoms with Crippen molar-refractivity contribution in [3.8, 4) is 11.5 Å². The molecule has 1 aliphatic rings. The Morgan fingerprint density at radius 3 is 1.34 bits per heavy atom. The molecule has 0 bridgehead atoms. The highest BCUT2D eigenvalue weighted by Gasteiger charge is 2.58. The van der Waals surface area contributed by atoms with E-state index in [9.17, 15) is 0 Å². The molecule has 9 heteroatoms. The summed E-state index contributed by atoms with van der Waals surface area (Å²) in [4.78, 5) is 0. The summed E-state index contributed by atoms with van der Waals surface area (Å²) < 4.78 is 58.1. The monoisotopic (exact) mass is 760 g/mol. The Hall–Kier alpha value is -4.84. The van der Waals surface area contributed by atoms with Crippen LogP contribution in [0.2, 0.25) is 0 Å². The molecule has 4 atom stereocenters. The van der Waals surface area contributed by atoms with Crippen LogP contribution in [0.15, 0.2) is 152 Å². The van der Waals surface area contributed by atoms with Crippen molar-refractivity contribution in [1.29, 1.82) is 0 Å². The van der Waals surface area contributed by atoms with Gasteiger partial charge in [-0.25, -0.2) is 0 Å². The summed E-state index contributed by atoms with van der Waals surface area (Å²) in [5.74, 6) is 1.54. The van der Waals surface area contributed by atoms with Crippen LogP contribution in [0.4, 0.5) is 0 Å². The number of hydrogen-bond acceptors (Lipinski definition) is 9. The molecule has 0 N–H and O–H groups in total. The van der Waals surface area contributed by atoms with Crippen LogP contribution >= 0.6 is 0 Å². The van der Waals surface area contributed by atoms with Crippen molar-refractivity contribution in [2.24, 2.45) is 0 Å². The lowest BCUT2D eigenvalue weighted by molar-refractivity contribution is -0.367. The van der Waals surface area contributed by atoms with Crippen LogP contribution in [0, 0.1) is 0 Å². The molecular formula is C47H52O9. The Morgan fingerprint density at radius 2 is 0.911 bits per heavy atom. The van der Waals surface area contributed by atoms with Gasteiger partial charge in [-0.1, -0.05) is 121 Å². The molecule has 0 aromatic heterocycles. The summed E-state index contributed by atoms with van der Waals surface area (Å²) in [6, 6.07) is 45.7. The SMILES string of the molecule is C=CCOC1OC(COCc2ccc(OC)cc2)(COCc2ccc(OC)cc2)C(OCc2ccccc2)C(OCc2ccccc2)C1OCc1ccccc1. The van der Waals surface area contributed by atoms with Crippen LogP contribution in [-0.2, 0) is 66.2 Å². The van der Waals surface area contributed by atoms with Crippen molar-refractivity contribution in [2.75, 3.05) is 34.0 Å². The van der Waals surface area contributed by atoms with E-state index in [1.807, 2.05) is 140 Å². The molecule has 56 heavy (non-hydrogen) atoms. The van der Waals surface area contributed by atoms with Gasteiger partial charge in [-0.2, -0.15) is 0 Å². The molecular weight excluding hydrogens is 709 g/mol. The van der Waals surface area contributed by atoms with Crippen molar-refractivity contribution < 1.29 is 42.6 Å². The zero-order chi connectivity index (χ0) is 38.8. The molecule has 294 valence electrons. The third kappa shape index (κ3) is 11.6. The summed E-state index contributed by atoms with van der Waals surface area (Å²) >= 11 is 0. The molecule has 1 saturated heterocycles. The van der Waals surface area contributed by atoms with Gasteiger partial charge in [0.1, 0.15) is 35.4 Å². The van der Waals surface area contributed by atoms with Crippen LogP contribution in [0.5, 0.6) is 11.5 Å². The largest absolute Gasteiger partial charge is 0.497 e. The minimum absolute atomic E-state index is 0.0889. The highest BCUT2D eigenvalue weighted by Crippen LogP contribution is 2.39. The zero-order valence-electron chi connectivity index (χ0n) is 32.2. The van der Waals surface area contributed by atoms with E-state index in [-0.39, 0.29) is 26.4 Å². The van der Waals surface area contributed by atoms with Crippen molar-refractivity contribution in [3.05, 3.63) is 180 Å². The van der Waals surface area contributed by atoms with E-state index in [1.165, 1.54) is 0 Å². The Labute approximate surface area is 330 Å².